The third kappa shape index (κ3) is 1.72. The number of nitrogens with zero attached hydrogens (tertiary/aromatic N) is 4. The van der Waals surface area contributed by atoms with Crippen LogP contribution in [0.3, 0.4) is 0 Å². The van der Waals surface area contributed by atoms with Crippen LogP contribution in [0.5, 0.6) is 0 Å². The van der Waals surface area contributed by atoms with E-state index in [1.165, 1.54) is 8.96 Å². The van der Waals surface area contributed by atoms with Gasteiger partial charge in [-0.25, -0.2) is 4.98 Å². The van der Waals surface area contributed by atoms with E-state index in [9.17, 15) is 0 Å². The van der Waals surface area contributed by atoms with Gasteiger partial charge in [0, 0.05) is 37.5 Å². The average Bonchev–Trinajstić information content (AvgIpc) is 3.10. The Labute approximate surface area is 139 Å². The molecule has 2 aromatic rings. The third-order valence-electron chi connectivity index (χ3n) is 4.90. The van der Waals surface area contributed by atoms with Crippen molar-refractivity contribution < 1.29 is 13.1 Å². The van der Waals surface area contributed by atoms with Crippen molar-refractivity contribution in [1.82, 2.24) is 14.0 Å². The number of allylic oxidation sites excluding steroid dienone is 2. The summed E-state index contributed by atoms with van der Waals surface area (Å²) in [5.74, 6) is 0. The fourth-order valence-corrected chi connectivity index (χ4v) is 4.08. The highest BCUT2D eigenvalue weighted by molar-refractivity contribution is 6.58. The Hall–Kier alpha value is -2.44. The predicted octanol–water partition coefficient (Wildman–Crippen LogP) is 3.27. The molecule has 0 saturated carbocycles. The van der Waals surface area contributed by atoms with Crippen molar-refractivity contribution in [3.8, 4) is 0 Å². The predicted molar refractivity (Wildman–Crippen MR) is 91.2 cm³/mol. The molecule has 2 aliphatic rings. The molecule has 0 amide bonds. The van der Waals surface area contributed by atoms with Gasteiger partial charge in [-0.15, -0.1) is 0 Å². The maximum atomic E-state index is 15.4. The number of halogens is 2. The molecule has 4 nitrogen and oxygen atoms in total. The lowest BCUT2D eigenvalue weighted by Crippen LogP contribution is -2.51. The smallest absolute Gasteiger partial charge is 0.393 e. The number of rotatable bonds is 1. The van der Waals surface area contributed by atoms with E-state index in [2.05, 4.69) is 4.98 Å². The van der Waals surface area contributed by atoms with Crippen molar-refractivity contribution in [3.63, 3.8) is 0 Å². The monoisotopic (exact) mass is 328 g/mol. The Bertz CT molecular complexity index is 988. The lowest BCUT2D eigenvalue weighted by Gasteiger charge is -2.33. The van der Waals surface area contributed by atoms with Crippen molar-refractivity contribution in [3.05, 3.63) is 58.6 Å². The van der Waals surface area contributed by atoms with Gasteiger partial charge in [0.05, 0.1) is 17.6 Å². The Balaban J connectivity index is 2.19. The Morgan fingerprint density at radius 1 is 1.17 bits per heavy atom. The molecule has 2 aliphatic heterocycles. The standard InChI is InChI=1S/C17H19BF2N4/c1-10-6-12(3)23-16(10)15(14-8-22(5)9-21-14)17-11(2)7-13(4)24(17)18(23,19)20/h6-9H,1-5H3. The minimum atomic E-state index is -3.92. The Morgan fingerprint density at radius 3 is 2.50 bits per heavy atom. The van der Waals surface area contributed by atoms with E-state index >= 15 is 8.63 Å². The van der Waals surface area contributed by atoms with Crippen LogP contribution in [0.15, 0.2) is 35.9 Å². The average molecular weight is 328 g/mol. The molecule has 124 valence electrons. The molecule has 24 heavy (non-hydrogen) atoms. The molecule has 0 atom stereocenters. The highest BCUT2D eigenvalue weighted by Crippen LogP contribution is 2.43. The summed E-state index contributed by atoms with van der Waals surface area (Å²) >= 11 is 0. The van der Waals surface area contributed by atoms with Gasteiger partial charge in [-0.1, -0.05) is 0 Å². The van der Waals surface area contributed by atoms with Crippen molar-refractivity contribution in [2.45, 2.75) is 27.7 Å². The van der Waals surface area contributed by atoms with Crippen LogP contribution in [0.25, 0.3) is 5.57 Å². The quantitative estimate of drug-likeness (QED) is 0.738. The van der Waals surface area contributed by atoms with Crippen LogP contribution in [0.2, 0.25) is 0 Å². The zero-order valence-corrected chi connectivity index (χ0v) is 14.4. The lowest BCUT2D eigenvalue weighted by molar-refractivity contribution is -0.363. The van der Waals surface area contributed by atoms with Gasteiger partial charge in [-0.2, -0.15) is 0 Å². The first kappa shape index (κ1) is 15.1. The molecule has 0 spiro atoms. The van der Waals surface area contributed by atoms with Gasteiger partial charge in [0.25, 0.3) is 0 Å². The molecule has 4 rings (SSSR count). The molecule has 0 saturated heterocycles. The van der Waals surface area contributed by atoms with E-state index in [0.717, 1.165) is 16.7 Å². The maximum absolute atomic E-state index is 15.4. The van der Waals surface area contributed by atoms with Crippen LogP contribution in [0.1, 0.15) is 36.5 Å². The molecular weight excluding hydrogens is 309 g/mol. The van der Waals surface area contributed by atoms with E-state index in [-0.39, 0.29) is 0 Å². The molecule has 0 N–H and O–H groups in total. The largest absolute Gasteiger partial charge is 0.737 e. The molecule has 0 aromatic carbocycles. The van der Waals surface area contributed by atoms with E-state index in [1.807, 2.05) is 43.8 Å². The van der Waals surface area contributed by atoms with Crippen molar-refractivity contribution in [2.75, 3.05) is 0 Å². The number of fused-ring (bicyclic) bond motifs is 2. The number of imidazole rings is 1. The van der Waals surface area contributed by atoms with Crippen molar-refractivity contribution >= 4 is 18.3 Å². The maximum Gasteiger partial charge on any atom is 0.737 e. The number of aryl methyl sites for hydroxylation is 3. The molecule has 0 aliphatic carbocycles. The first-order valence-corrected chi connectivity index (χ1v) is 7.99. The summed E-state index contributed by atoms with van der Waals surface area (Å²) in [5.41, 5.74) is 5.47. The van der Waals surface area contributed by atoms with Gasteiger partial charge < -0.3 is 22.2 Å². The van der Waals surface area contributed by atoms with E-state index in [0.29, 0.717) is 28.5 Å². The number of hydrogen-bond donors (Lipinski definition) is 0. The molecule has 0 bridgehead atoms. The van der Waals surface area contributed by atoms with Gasteiger partial charge in [-0.3, -0.25) is 0 Å². The summed E-state index contributed by atoms with van der Waals surface area (Å²) < 4.78 is 35.0. The first-order chi connectivity index (χ1) is 11.2. The van der Waals surface area contributed by atoms with Crippen LogP contribution in [-0.2, 0) is 7.05 Å². The van der Waals surface area contributed by atoms with Gasteiger partial charge in [0.1, 0.15) is 5.71 Å². The third-order valence-corrected chi connectivity index (χ3v) is 4.90. The Kier molecular flexibility index (Phi) is 2.87. The second kappa shape index (κ2) is 4.56. The second-order valence-corrected chi connectivity index (χ2v) is 6.76. The van der Waals surface area contributed by atoms with Crippen LogP contribution in [0, 0.1) is 13.8 Å². The molecule has 0 unspecified atom stereocenters. The fraction of sp³-hybridized carbons (Fsp3) is 0.294. The van der Waals surface area contributed by atoms with Crippen molar-refractivity contribution in [2.24, 2.45) is 7.05 Å². The van der Waals surface area contributed by atoms with E-state index < -0.39 is 6.97 Å². The summed E-state index contributed by atoms with van der Waals surface area (Å²) in [6.45, 7) is 3.32. The molecule has 0 radical (unpaired) electrons. The summed E-state index contributed by atoms with van der Waals surface area (Å²) in [4.78, 5) is 4.45. The van der Waals surface area contributed by atoms with Crippen LogP contribution >= 0.6 is 0 Å². The summed E-state index contributed by atoms with van der Waals surface area (Å²) in [6.07, 6.45) is 5.40. The zero-order valence-electron chi connectivity index (χ0n) is 14.4. The fourth-order valence-electron chi connectivity index (χ4n) is 4.08. The summed E-state index contributed by atoms with van der Waals surface area (Å²) in [7, 11) is 1.88. The van der Waals surface area contributed by atoms with Gasteiger partial charge in [0.15, 0.2) is 5.70 Å². The highest BCUT2D eigenvalue weighted by atomic mass is 19.2. The normalized spacial score (nSPS) is 18.9. The zero-order chi connectivity index (χ0) is 17.4. The van der Waals surface area contributed by atoms with Crippen LogP contribution < -0.4 is 0 Å². The Morgan fingerprint density at radius 2 is 1.88 bits per heavy atom. The van der Waals surface area contributed by atoms with Crippen LogP contribution in [-0.4, -0.2) is 31.2 Å². The van der Waals surface area contributed by atoms with E-state index in [1.54, 1.807) is 20.2 Å². The summed E-state index contributed by atoms with van der Waals surface area (Å²) in [5, 5.41) is 0. The molecule has 0 fully saturated rings. The minimum absolute atomic E-state index is 0.567. The SMILES string of the molecule is CC1=CC(C)=[N+]2C1=C(c1cn(C)cn1)c1c(C)cc(C)n1[B-]2(F)F. The highest BCUT2D eigenvalue weighted by Gasteiger charge is 2.55. The molecular formula is C17H19BF2N4. The van der Waals surface area contributed by atoms with Gasteiger partial charge in [-0.05, 0) is 38.1 Å². The van der Waals surface area contributed by atoms with Crippen molar-refractivity contribution in [1.29, 1.82) is 0 Å². The van der Waals surface area contributed by atoms with Crippen LogP contribution in [0.4, 0.5) is 8.63 Å². The van der Waals surface area contributed by atoms with Gasteiger partial charge >= 0.3 is 6.97 Å². The topological polar surface area (TPSA) is 25.8 Å². The summed E-state index contributed by atoms with van der Waals surface area (Å²) in [6, 6.07) is 1.82. The molecule has 4 heterocycles. The lowest BCUT2D eigenvalue weighted by atomic mass is 9.85. The minimum Gasteiger partial charge on any atom is -0.393 e. The molecule has 7 heteroatoms. The number of aromatic nitrogens is 3. The number of hydrogen-bond acceptors (Lipinski definition) is 1. The first-order valence-electron chi connectivity index (χ1n) is 7.99. The van der Waals surface area contributed by atoms with E-state index in [4.69, 9.17) is 0 Å². The second-order valence-electron chi connectivity index (χ2n) is 6.76. The molecule has 2 aromatic heterocycles. The van der Waals surface area contributed by atoms with Gasteiger partial charge in [0.2, 0.25) is 0 Å².